The smallest absolute Gasteiger partial charge is 0.241 e. The van der Waals surface area contributed by atoms with Gasteiger partial charge < -0.3 is 17.7 Å². The fourth-order valence-electron chi connectivity index (χ4n) is 9.31. The zero-order valence-corrected chi connectivity index (χ0v) is 33.4. The van der Waals surface area contributed by atoms with Crippen molar-refractivity contribution in [3.8, 4) is 0 Å². The molecule has 8 heteroatoms. The van der Waals surface area contributed by atoms with E-state index in [1.807, 2.05) is 0 Å². The molecule has 236 valence electrons. The Morgan fingerprint density at radius 1 is 0.805 bits per heavy atom. The van der Waals surface area contributed by atoms with Crippen molar-refractivity contribution in [1.82, 2.24) is 0 Å². The zero-order chi connectivity index (χ0) is 31.0. The SMILES string of the molecule is CC(O[Si](C)(C)C)C1(O[Si](C)(C)C)CCC2C3CC=C4CC(O[Si](C)(C)C)CCC4(C)C3C(O[Si](C)(C)C)=CC21C. The van der Waals surface area contributed by atoms with Crippen molar-refractivity contribution in [2.75, 3.05) is 0 Å². The summed E-state index contributed by atoms with van der Waals surface area (Å²) in [7, 11) is -7.09. The van der Waals surface area contributed by atoms with E-state index in [2.05, 4.69) is 111 Å². The first-order valence-corrected chi connectivity index (χ1v) is 30.2. The zero-order valence-electron chi connectivity index (χ0n) is 29.4. The lowest BCUT2D eigenvalue weighted by Gasteiger charge is -2.60. The molecule has 2 saturated carbocycles. The summed E-state index contributed by atoms with van der Waals surface area (Å²) in [5, 5.41) is 0. The van der Waals surface area contributed by atoms with E-state index in [0.29, 0.717) is 23.9 Å². The Hall–Kier alpha value is 0.0275. The van der Waals surface area contributed by atoms with E-state index in [4.69, 9.17) is 17.7 Å². The van der Waals surface area contributed by atoms with Crippen LogP contribution in [0.5, 0.6) is 0 Å². The van der Waals surface area contributed by atoms with Crippen LogP contribution in [-0.2, 0) is 17.7 Å². The molecular formula is C33H64O4Si4. The van der Waals surface area contributed by atoms with Gasteiger partial charge in [0.25, 0.3) is 0 Å². The van der Waals surface area contributed by atoms with Crippen molar-refractivity contribution in [3.05, 3.63) is 23.5 Å². The van der Waals surface area contributed by atoms with Crippen LogP contribution in [0.2, 0.25) is 78.6 Å². The molecule has 4 aliphatic rings. The molecule has 0 amide bonds. The van der Waals surface area contributed by atoms with Gasteiger partial charge in [-0.15, -0.1) is 0 Å². The topological polar surface area (TPSA) is 36.9 Å². The first-order valence-electron chi connectivity index (χ1n) is 16.6. The highest BCUT2D eigenvalue weighted by Gasteiger charge is 2.67. The normalized spacial score (nSPS) is 38.8. The molecule has 0 aliphatic heterocycles. The number of hydrogen-bond acceptors (Lipinski definition) is 4. The van der Waals surface area contributed by atoms with Crippen LogP contribution in [0.15, 0.2) is 23.5 Å². The molecule has 0 radical (unpaired) electrons. The summed E-state index contributed by atoms with van der Waals surface area (Å²) >= 11 is 0. The van der Waals surface area contributed by atoms with Crippen LogP contribution in [0.3, 0.4) is 0 Å². The van der Waals surface area contributed by atoms with Gasteiger partial charge in [-0.3, -0.25) is 0 Å². The second kappa shape index (κ2) is 10.8. The molecule has 8 atom stereocenters. The molecule has 0 N–H and O–H groups in total. The monoisotopic (exact) mass is 636 g/mol. The van der Waals surface area contributed by atoms with E-state index in [1.165, 1.54) is 18.6 Å². The summed E-state index contributed by atoms with van der Waals surface area (Å²) in [5.41, 5.74) is 1.33. The molecule has 0 heterocycles. The van der Waals surface area contributed by atoms with Gasteiger partial charge in [0.15, 0.2) is 25.0 Å². The Bertz CT molecular complexity index is 1050. The summed E-state index contributed by atoms with van der Waals surface area (Å²) in [4.78, 5) is 0. The van der Waals surface area contributed by atoms with Crippen LogP contribution in [0.25, 0.3) is 0 Å². The summed E-state index contributed by atoms with van der Waals surface area (Å²) in [5.74, 6) is 2.87. The Labute approximate surface area is 257 Å². The molecule has 41 heavy (non-hydrogen) atoms. The molecule has 0 saturated heterocycles. The van der Waals surface area contributed by atoms with Gasteiger partial charge in [0.1, 0.15) is 0 Å². The highest BCUT2D eigenvalue weighted by Crippen LogP contribution is 2.68. The fourth-order valence-corrected chi connectivity index (χ4v) is 14.2. The first kappa shape index (κ1) is 33.9. The molecule has 4 nitrogen and oxygen atoms in total. The maximum absolute atomic E-state index is 7.44. The molecule has 0 bridgehead atoms. The maximum atomic E-state index is 7.44. The van der Waals surface area contributed by atoms with Gasteiger partial charge in [-0.05, 0) is 147 Å². The van der Waals surface area contributed by atoms with E-state index in [1.54, 1.807) is 5.57 Å². The summed E-state index contributed by atoms with van der Waals surface area (Å²) < 4.78 is 28.3. The molecule has 4 aliphatic carbocycles. The van der Waals surface area contributed by atoms with Crippen LogP contribution < -0.4 is 0 Å². The second-order valence-electron chi connectivity index (χ2n) is 18.3. The van der Waals surface area contributed by atoms with Gasteiger partial charge in [-0.1, -0.05) is 25.5 Å². The third-order valence-electron chi connectivity index (χ3n) is 10.3. The fraction of sp³-hybridized carbons (Fsp3) is 0.879. The van der Waals surface area contributed by atoms with E-state index >= 15 is 0 Å². The van der Waals surface area contributed by atoms with Crippen molar-refractivity contribution < 1.29 is 17.7 Å². The van der Waals surface area contributed by atoms with E-state index < -0.39 is 33.3 Å². The molecule has 0 aromatic heterocycles. The van der Waals surface area contributed by atoms with Crippen LogP contribution in [0.4, 0.5) is 0 Å². The summed E-state index contributed by atoms with van der Waals surface area (Å²) in [6, 6.07) is 0. The van der Waals surface area contributed by atoms with Gasteiger partial charge in [0.05, 0.1) is 17.5 Å². The standard InChI is InChI=1S/C33H64O4Si4/c1-24(34-38(4,5)6)33(37-41(13,14)15)21-19-28-27-17-16-25-22-26(35-39(7,8)9)18-20-31(25,2)30(27)29(23-32(28,33)3)36-40(10,11)12/h16,23-24,26-28,30H,17-22H2,1-15H3. The molecule has 0 aromatic carbocycles. The van der Waals surface area contributed by atoms with Gasteiger partial charge in [0, 0.05) is 17.4 Å². The molecular weight excluding hydrogens is 573 g/mol. The summed E-state index contributed by atoms with van der Waals surface area (Å²) in [6.45, 7) is 35.5. The van der Waals surface area contributed by atoms with Crippen LogP contribution in [0.1, 0.15) is 59.3 Å². The van der Waals surface area contributed by atoms with Crippen LogP contribution in [-0.4, -0.2) is 51.1 Å². The Morgan fingerprint density at radius 2 is 1.44 bits per heavy atom. The van der Waals surface area contributed by atoms with Gasteiger partial charge in [-0.2, -0.15) is 0 Å². The lowest BCUT2D eigenvalue weighted by Crippen LogP contribution is -2.62. The summed E-state index contributed by atoms with van der Waals surface area (Å²) in [6.07, 6.45) is 12.6. The molecule has 0 spiro atoms. The predicted molar refractivity (Wildman–Crippen MR) is 184 cm³/mol. The molecule has 0 aromatic rings. The van der Waals surface area contributed by atoms with Crippen molar-refractivity contribution in [1.29, 1.82) is 0 Å². The van der Waals surface area contributed by atoms with Crippen LogP contribution in [0, 0.1) is 28.6 Å². The van der Waals surface area contributed by atoms with E-state index in [0.717, 1.165) is 25.7 Å². The molecule has 8 unspecified atom stereocenters. The van der Waals surface area contributed by atoms with Gasteiger partial charge in [0.2, 0.25) is 8.32 Å². The van der Waals surface area contributed by atoms with Crippen LogP contribution >= 0.6 is 0 Å². The lowest BCUT2D eigenvalue weighted by molar-refractivity contribution is -0.119. The maximum Gasteiger partial charge on any atom is 0.241 e. The Balaban J connectivity index is 1.83. The third kappa shape index (κ3) is 6.83. The largest absolute Gasteiger partial charge is 0.547 e. The number of hydrogen-bond donors (Lipinski definition) is 0. The lowest BCUT2D eigenvalue weighted by atomic mass is 9.48. The minimum Gasteiger partial charge on any atom is -0.547 e. The number of allylic oxidation sites excluding steroid dienone is 2. The second-order valence-corrected chi connectivity index (χ2v) is 36.1. The Morgan fingerprint density at radius 3 is 1.98 bits per heavy atom. The minimum atomic E-state index is -1.89. The average molecular weight is 637 g/mol. The third-order valence-corrected chi connectivity index (χ3v) is 14.2. The van der Waals surface area contributed by atoms with E-state index in [-0.39, 0.29) is 22.5 Å². The highest BCUT2D eigenvalue weighted by atomic mass is 28.4. The average Bonchev–Trinajstić information content (AvgIpc) is 3.02. The Kier molecular flexibility index (Phi) is 8.96. The van der Waals surface area contributed by atoms with Gasteiger partial charge >= 0.3 is 0 Å². The number of rotatable bonds is 9. The predicted octanol–water partition coefficient (Wildman–Crippen LogP) is 9.95. The van der Waals surface area contributed by atoms with Crippen molar-refractivity contribution >= 4 is 33.3 Å². The quantitative estimate of drug-likeness (QED) is 0.186. The van der Waals surface area contributed by atoms with Crippen molar-refractivity contribution in [3.63, 3.8) is 0 Å². The van der Waals surface area contributed by atoms with Gasteiger partial charge in [-0.25, -0.2) is 0 Å². The first-order chi connectivity index (χ1) is 18.4. The van der Waals surface area contributed by atoms with Crippen molar-refractivity contribution in [2.45, 2.75) is 156 Å². The highest BCUT2D eigenvalue weighted by molar-refractivity contribution is 6.71. The van der Waals surface area contributed by atoms with E-state index in [9.17, 15) is 0 Å². The van der Waals surface area contributed by atoms with Crippen molar-refractivity contribution in [2.24, 2.45) is 28.6 Å². The number of fused-ring (bicyclic) bond motifs is 5. The molecule has 4 rings (SSSR count). The minimum absolute atomic E-state index is 0.0521. The molecule has 2 fully saturated rings.